The highest BCUT2D eigenvalue weighted by Gasteiger charge is 2.36. The van der Waals surface area contributed by atoms with Crippen molar-refractivity contribution in [3.05, 3.63) is 59.4 Å². The van der Waals surface area contributed by atoms with Crippen LogP contribution in [0.4, 0.5) is 4.39 Å². The number of carbonyl (C=O) groups excluding carboxylic acids is 1. The molecule has 4 rings (SSSR count). The van der Waals surface area contributed by atoms with Crippen LogP contribution in [-0.2, 0) is 11.3 Å². The molecule has 118 valence electrons. The van der Waals surface area contributed by atoms with E-state index in [2.05, 4.69) is 0 Å². The number of fused-ring (bicyclic) bond motifs is 1. The van der Waals surface area contributed by atoms with Gasteiger partial charge in [-0.2, -0.15) is 0 Å². The van der Waals surface area contributed by atoms with Crippen molar-refractivity contribution in [3.63, 3.8) is 0 Å². The Labute approximate surface area is 137 Å². The number of benzene rings is 2. The Morgan fingerprint density at radius 1 is 1.17 bits per heavy atom. The number of carbonyl (C=O) groups is 1. The average Bonchev–Trinajstić information content (AvgIpc) is 3.17. The maximum absolute atomic E-state index is 13.9. The number of para-hydroxylation sites is 1. The van der Waals surface area contributed by atoms with Crippen LogP contribution in [-0.4, -0.2) is 23.4 Å². The van der Waals surface area contributed by atoms with E-state index >= 15 is 0 Å². The van der Waals surface area contributed by atoms with Crippen molar-refractivity contribution in [2.24, 2.45) is 0 Å². The summed E-state index contributed by atoms with van der Waals surface area (Å²) in [6.07, 6.45) is 0. The molecule has 0 aliphatic carbocycles. The molecule has 2 aromatic rings. The van der Waals surface area contributed by atoms with Crippen molar-refractivity contribution in [2.75, 3.05) is 12.5 Å². The van der Waals surface area contributed by atoms with Gasteiger partial charge >= 0.3 is 0 Å². The van der Waals surface area contributed by atoms with Crippen LogP contribution in [0.25, 0.3) is 0 Å². The zero-order valence-corrected chi connectivity index (χ0v) is 13.0. The molecule has 1 fully saturated rings. The second kappa shape index (κ2) is 5.77. The predicted octanol–water partition coefficient (Wildman–Crippen LogP) is 3.33. The minimum absolute atomic E-state index is 0.000212. The summed E-state index contributed by atoms with van der Waals surface area (Å²) in [5, 5.41) is -0.196. The van der Waals surface area contributed by atoms with E-state index in [1.165, 1.54) is 17.8 Å². The minimum atomic E-state index is -0.297. The van der Waals surface area contributed by atoms with Gasteiger partial charge in [0.15, 0.2) is 11.5 Å². The van der Waals surface area contributed by atoms with Crippen LogP contribution < -0.4 is 9.47 Å². The van der Waals surface area contributed by atoms with Gasteiger partial charge in [-0.15, -0.1) is 11.8 Å². The number of rotatable bonds is 3. The molecule has 2 aliphatic heterocycles. The van der Waals surface area contributed by atoms with Gasteiger partial charge < -0.3 is 14.4 Å². The zero-order chi connectivity index (χ0) is 15.8. The summed E-state index contributed by atoms with van der Waals surface area (Å²) >= 11 is 1.52. The lowest BCUT2D eigenvalue weighted by molar-refractivity contribution is -0.128. The van der Waals surface area contributed by atoms with Gasteiger partial charge in [-0.25, -0.2) is 4.39 Å². The zero-order valence-electron chi connectivity index (χ0n) is 12.2. The quantitative estimate of drug-likeness (QED) is 0.865. The van der Waals surface area contributed by atoms with Gasteiger partial charge in [-0.3, -0.25) is 4.79 Å². The van der Waals surface area contributed by atoms with Crippen LogP contribution >= 0.6 is 11.8 Å². The van der Waals surface area contributed by atoms with Gasteiger partial charge in [0.1, 0.15) is 11.2 Å². The predicted molar refractivity (Wildman–Crippen MR) is 84.7 cm³/mol. The Morgan fingerprint density at radius 3 is 2.91 bits per heavy atom. The molecule has 0 spiro atoms. The van der Waals surface area contributed by atoms with Gasteiger partial charge in [-0.05, 0) is 12.1 Å². The summed E-state index contributed by atoms with van der Waals surface area (Å²) in [4.78, 5) is 14.0. The third-order valence-electron chi connectivity index (χ3n) is 3.96. The summed E-state index contributed by atoms with van der Waals surface area (Å²) in [7, 11) is 0. The third-order valence-corrected chi connectivity index (χ3v) is 5.20. The van der Waals surface area contributed by atoms with Crippen LogP contribution in [0.5, 0.6) is 11.5 Å². The monoisotopic (exact) mass is 331 g/mol. The number of nitrogens with zero attached hydrogens (tertiary/aromatic N) is 1. The largest absolute Gasteiger partial charge is 0.454 e. The van der Waals surface area contributed by atoms with Gasteiger partial charge in [-0.1, -0.05) is 30.3 Å². The van der Waals surface area contributed by atoms with Crippen LogP contribution in [0.15, 0.2) is 42.5 Å². The van der Waals surface area contributed by atoms with E-state index < -0.39 is 0 Å². The molecule has 23 heavy (non-hydrogen) atoms. The number of hydrogen-bond donors (Lipinski definition) is 0. The van der Waals surface area contributed by atoms with E-state index in [-0.39, 0.29) is 30.4 Å². The lowest BCUT2D eigenvalue weighted by Gasteiger charge is -2.25. The van der Waals surface area contributed by atoms with Crippen LogP contribution in [0.3, 0.4) is 0 Å². The summed E-state index contributed by atoms with van der Waals surface area (Å²) in [5.41, 5.74) is 1.41. The molecule has 4 nitrogen and oxygen atoms in total. The molecular weight excluding hydrogens is 317 g/mol. The number of amides is 1. The van der Waals surface area contributed by atoms with Crippen molar-refractivity contribution in [2.45, 2.75) is 11.9 Å². The first-order valence-electron chi connectivity index (χ1n) is 7.27. The topological polar surface area (TPSA) is 38.8 Å². The Balaban J connectivity index is 1.67. The third kappa shape index (κ3) is 2.53. The molecule has 0 aromatic heterocycles. The number of halogens is 1. The first kappa shape index (κ1) is 14.4. The molecule has 2 aliphatic rings. The molecule has 1 amide bonds. The van der Waals surface area contributed by atoms with E-state index in [4.69, 9.17) is 9.47 Å². The second-order valence-electron chi connectivity index (χ2n) is 5.36. The van der Waals surface area contributed by atoms with Crippen molar-refractivity contribution in [3.8, 4) is 11.5 Å². The molecule has 0 saturated carbocycles. The fourth-order valence-electron chi connectivity index (χ4n) is 2.84. The molecule has 0 radical (unpaired) electrons. The van der Waals surface area contributed by atoms with E-state index in [0.29, 0.717) is 22.8 Å². The Kier molecular flexibility index (Phi) is 3.61. The second-order valence-corrected chi connectivity index (χ2v) is 6.43. The van der Waals surface area contributed by atoms with Gasteiger partial charge in [0.25, 0.3) is 0 Å². The number of hydrogen-bond acceptors (Lipinski definition) is 4. The highest BCUT2D eigenvalue weighted by atomic mass is 32.2. The Hall–Kier alpha value is -2.21. The van der Waals surface area contributed by atoms with Crippen LogP contribution in [0, 0.1) is 5.82 Å². The maximum atomic E-state index is 13.9. The lowest BCUT2D eigenvalue weighted by Crippen LogP contribution is -2.28. The molecule has 6 heteroatoms. The Morgan fingerprint density at radius 2 is 2.04 bits per heavy atom. The summed E-state index contributed by atoms with van der Waals surface area (Å²) in [6.45, 7) is 0.429. The normalized spacial score (nSPS) is 19.4. The van der Waals surface area contributed by atoms with E-state index in [1.807, 2.05) is 18.2 Å². The molecule has 0 N–H and O–H groups in total. The lowest BCUT2D eigenvalue weighted by atomic mass is 10.1. The van der Waals surface area contributed by atoms with Crippen molar-refractivity contribution < 1.29 is 18.7 Å². The highest BCUT2D eigenvalue weighted by molar-refractivity contribution is 8.00. The number of ether oxygens (including phenoxy) is 2. The van der Waals surface area contributed by atoms with Crippen molar-refractivity contribution in [1.29, 1.82) is 0 Å². The highest BCUT2D eigenvalue weighted by Crippen LogP contribution is 2.47. The van der Waals surface area contributed by atoms with Gasteiger partial charge in [0.05, 0.1) is 5.75 Å². The van der Waals surface area contributed by atoms with Gasteiger partial charge in [0.2, 0.25) is 12.7 Å². The van der Waals surface area contributed by atoms with Crippen molar-refractivity contribution >= 4 is 17.7 Å². The fraction of sp³-hybridized carbons (Fsp3) is 0.235. The van der Waals surface area contributed by atoms with E-state index in [0.717, 1.165) is 5.56 Å². The summed E-state index contributed by atoms with van der Waals surface area (Å²) in [6, 6.07) is 12.2. The number of thioether (sulfide) groups is 1. The molecule has 1 saturated heterocycles. The maximum Gasteiger partial charge on any atom is 0.234 e. The summed E-state index contributed by atoms with van der Waals surface area (Å²) < 4.78 is 24.9. The van der Waals surface area contributed by atoms with Gasteiger partial charge in [0, 0.05) is 17.7 Å². The molecule has 0 bridgehead atoms. The smallest absolute Gasteiger partial charge is 0.234 e. The standard InChI is InChI=1S/C17H14FNO3S/c18-13-6-2-1-4-11(13)8-19-15(20)9-23-17(19)12-5-3-7-14-16(12)22-10-21-14/h1-7,17H,8-10H2. The molecular formula is C17H14FNO3S. The first-order valence-corrected chi connectivity index (χ1v) is 8.32. The fourth-order valence-corrected chi connectivity index (χ4v) is 4.04. The SMILES string of the molecule is O=C1CSC(c2cccc3c2OCO3)N1Cc1ccccc1F. The Bertz CT molecular complexity index is 767. The average molecular weight is 331 g/mol. The first-order chi connectivity index (χ1) is 11.2. The molecule has 1 atom stereocenters. The minimum Gasteiger partial charge on any atom is -0.454 e. The van der Waals surface area contributed by atoms with Crippen LogP contribution in [0.1, 0.15) is 16.5 Å². The van der Waals surface area contributed by atoms with Crippen LogP contribution in [0.2, 0.25) is 0 Å². The van der Waals surface area contributed by atoms with E-state index in [1.54, 1.807) is 23.1 Å². The van der Waals surface area contributed by atoms with E-state index in [9.17, 15) is 9.18 Å². The van der Waals surface area contributed by atoms with Crippen molar-refractivity contribution in [1.82, 2.24) is 4.90 Å². The molecule has 1 unspecified atom stereocenters. The molecule has 2 aromatic carbocycles. The molecule has 2 heterocycles. The summed E-state index contributed by atoms with van der Waals surface area (Å²) in [5.74, 6) is 1.45.